The number of fused-ring (bicyclic) bond motifs is 1. The molecule has 3 heteroatoms. The van der Waals surface area contributed by atoms with Crippen LogP contribution in [0.25, 0.3) is 0 Å². The summed E-state index contributed by atoms with van der Waals surface area (Å²) < 4.78 is 4.99. The molecule has 0 fully saturated rings. The molecule has 0 heterocycles. The van der Waals surface area contributed by atoms with Gasteiger partial charge in [-0.2, -0.15) is 0 Å². The maximum atomic E-state index is 12.2. The van der Waals surface area contributed by atoms with Gasteiger partial charge >= 0.3 is 5.97 Å². The van der Waals surface area contributed by atoms with Gasteiger partial charge in [-0.25, -0.2) is 4.79 Å². The molecule has 92 valence electrons. The van der Waals surface area contributed by atoms with E-state index in [1.807, 2.05) is 25.2 Å². The van der Waals surface area contributed by atoms with Crippen LogP contribution in [-0.4, -0.2) is 20.1 Å². The van der Waals surface area contributed by atoms with Gasteiger partial charge in [-0.15, -0.1) is 0 Å². The number of hydrogen-bond donors (Lipinski definition) is 1. The van der Waals surface area contributed by atoms with Crippen LogP contribution in [0.2, 0.25) is 0 Å². The number of hydrogen-bond acceptors (Lipinski definition) is 3. The molecule has 2 rings (SSSR count). The molecule has 0 amide bonds. The van der Waals surface area contributed by atoms with E-state index in [-0.39, 0.29) is 5.97 Å². The van der Waals surface area contributed by atoms with Crippen molar-refractivity contribution in [3.63, 3.8) is 0 Å². The lowest BCUT2D eigenvalue weighted by Crippen LogP contribution is -2.48. The Kier molecular flexibility index (Phi) is 3.48. The van der Waals surface area contributed by atoms with E-state index in [1.165, 1.54) is 12.7 Å². The first-order valence-electron chi connectivity index (χ1n) is 6.10. The standard InChI is InChI=1S/C14H19NO2/c1-15-14(13(16)17-2)10-6-5-8-11-7-3-4-9-12(11)14/h3-4,7,9,15H,5-6,8,10H2,1-2H3. The maximum Gasteiger partial charge on any atom is 0.330 e. The molecule has 0 bridgehead atoms. The summed E-state index contributed by atoms with van der Waals surface area (Å²) in [5, 5.41) is 3.19. The predicted octanol–water partition coefficient (Wildman–Crippen LogP) is 2.00. The van der Waals surface area contributed by atoms with Crippen molar-refractivity contribution in [2.24, 2.45) is 0 Å². The lowest BCUT2D eigenvalue weighted by Gasteiger charge is -2.31. The molecule has 17 heavy (non-hydrogen) atoms. The summed E-state index contributed by atoms with van der Waals surface area (Å²) in [6.45, 7) is 0. The molecule has 0 aromatic heterocycles. The highest BCUT2D eigenvalue weighted by Crippen LogP contribution is 2.34. The molecular weight excluding hydrogens is 214 g/mol. The van der Waals surface area contributed by atoms with Gasteiger partial charge in [-0.05, 0) is 37.4 Å². The first-order valence-corrected chi connectivity index (χ1v) is 6.10. The number of methoxy groups -OCH3 is 1. The quantitative estimate of drug-likeness (QED) is 0.627. The summed E-state index contributed by atoms with van der Waals surface area (Å²) in [6.07, 6.45) is 3.99. The zero-order valence-electron chi connectivity index (χ0n) is 10.5. The summed E-state index contributed by atoms with van der Waals surface area (Å²) in [5.41, 5.74) is 1.67. The van der Waals surface area contributed by atoms with Gasteiger partial charge in [0.2, 0.25) is 0 Å². The van der Waals surface area contributed by atoms with Crippen LogP contribution < -0.4 is 5.32 Å². The number of esters is 1. The van der Waals surface area contributed by atoms with Gasteiger partial charge in [0, 0.05) is 0 Å². The Hall–Kier alpha value is -1.35. The third-order valence-corrected chi connectivity index (χ3v) is 3.69. The van der Waals surface area contributed by atoms with E-state index in [2.05, 4.69) is 11.4 Å². The van der Waals surface area contributed by atoms with Crippen LogP contribution in [0.15, 0.2) is 24.3 Å². The Morgan fingerprint density at radius 1 is 1.35 bits per heavy atom. The van der Waals surface area contributed by atoms with Gasteiger partial charge in [0.05, 0.1) is 7.11 Å². The highest BCUT2D eigenvalue weighted by Gasteiger charge is 2.41. The van der Waals surface area contributed by atoms with Crippen LogP contribution in [0.5, 0.6) is 0 Å². The number of benzene rings is 1. The Balaban J connectivity index is 2.55. The second-order valence-electron chi connectivity index (χ2n) is 4.51. The van der Waals surface area contributed by atoms with Crippen LogP contribution in [0.1, 0.15) is 30.4 Å². The molecule has 0 saturated heterocycles. The summed E-state index contributed by atoms with van der Waals surface area (Å²) in [4.78, 5) is 12.2. The Bertz CT molecular complexity index is 416. The minimum absolute atomic E-state index is 0.186. The number of carbonyl (C=O) groups is 1. The second kappa shape index (κ2) is 4.88. The first kappa shape index (κ1) is 12.1. The van der Waals surface area contributed by atoms with Crippen molar-refractivity contribution in [2.75, 3.05) is 14.2 Å². The van der Waals surface area contributed by atoms with Crippen molar-refractivity contribution in [3.8, 4) is 0 Å². The molecule has 1 aliphatic rings. The van der Waals surface area contributed by atoms with Crippen molar-refractivity contribution in [1.82, 2.24) is 5.32 Å². The highest BCUT2D eigenvalue weighted by atomic mass is 16.5. The number of carbonyl (C=O) groups excluding carboxylic acids is 1. The first-order chi connectivity index (χ1) is 8.24. The van der Waals surface area contributed by atoms with Gasteiger partial charge in [0.25, 0.3) is 0 Å². The van der Waals surface area contributed by atoms with Crippen molar-refractivity contribution in [2.45, 2.75) is 31.2 Å². The zero-order valence-corrected chi connectivity index (χ0v) is 10.5. The van der Waals surface area contributed by atoms with Crippen LogP contribution in [0.4, 0.5) is 0 Å². The van der Waals surface area contributed by atoms with Gasteiger partial charge in [0.1, 0.15) is 5.54 Å². The fourth-order valence-corrected chi connectivity index (χ4v) is 2.74. The van der Waals surface area contributed by atoms with E-state index < -0.39 is 5.54 Å². The van der Waals surface area contributed by atoms with Crippen LogP contribution in [0, 0.1) is 0 Å². The van der Waals surface area contributed by atoms with Crippen molar-refractivity contribution < 1.29 is 9.53 Å². The van der Waals surface area contributed by atoms with E-state index in [4.69, 9.17) is 4.74 Å². The molecule has 1 N–H and O–H groups in total. The van der Waals surface area contributed by atoms with Crippen molar-refractivity contribution in [3.05, 3.63) is 35.4 Å². The number of aryl methyl sites for hydroxylation is 1. The molecule has 0 aliphatic heterocycles. The fourth-order valence-electron chi connectivity index (χ4n) is 2.74. The van der Waals surface area contributed by atoms with Gasteiger partial charge in [-0.3, -0.25) is 0 Å². The predicted molar refractivity (Wildman–Crippen MR) is 66.8 cm³/mol. The lowest BCUT2D eigenvalue weighted by molar-refractivity contribution is -0.149. The fraction of sp³-hybridized carbons (Fsp3) is 0.500. The molecule has 1 aliphatic carbocycles. The van der Waals surface area contributed by atoms with Crippen molar-refractivity contribution in [1.29, 1.82) is 0 Å². The Morgan fingerprint density at radius 2 is 2.12 bits per heavy atom. The lowest BCUT2D eigenvalue weighted by atomic mass is 9.84. The zero-order chi connectivity index (χ0) is 12.3. The average Bonchev–Trinajstić information content (AvgIpc) is 2.58. The number of ether oxygens (including phenoxy) is 1. The van der Waals surface area contributed by atoms with E-state index in [9.17, 15) is 4.79 Å². The molecule has 0 saturated carbocycles. The minimum atomic E-state index is -0.665. The van der Waals surface area contributed by atoms with Gasteiger partial charge in [-0.1, -0.05) is 30.7 Å². The third kappa shape index (κ3) is 1.95. The maximum absolute atomic E-state index is 12.2. The largest absolute Gasteiger partial charge is 0.467 e. The smallest absolute Gasteiger partial charge is 0.330 e. The van der Waals surface area contributed by atoms with E-state index in [0.29, 0.717) is 0 Å². The van der Waals surface area contributed by atoms with Crippen LogP contribution in [-0.2, 0) is 21.5 Å². The van der Waals surface area contributed by atoms with E-state index in [0.717, 1.165) is 31.2 Å². The average molecular weight is 233 g/mol. The summed E-state index contributed by atoms with van der Waals surface area (Å²) in [6, 6.07) is 8.16. The SMILES string of the molecule is CNC1(C(=O)OC)CCCCc2ccccc21. The Labute approximate surface area is 102 Å². The molecule has 1 atom stereocenters. The monoisotopic (exact) mass is 233 g/mol. The van der Waals surface area contributed by atoms with Crippen molar-refractivity contribution >= 4 is 5.97 Å². The van der Waals surface area contributed by atoms with Gasteiger partial charge < -0.3 is 10.1 Å². The van der Waals surface area contributed by atoms with Gasteiger partial charge in [0.15, 0.2) is 0 Å². The molecule has 3 nitrogen and oxygen atoms in total. The number of nitrogens with one attached hydrogen (secondary N) is 1. The third-order valence-electron chi connectivity index (χ3n) is 3.69. The molecule has 1 unspecified atom stereocenters. The number of rotatable bonds is 2. The molecule has 1 aromatic carbocycles. The summed E-state index contributed by atoms with van der Waals surface area (Å²) in [7, 11) is 3.29. The Morgan fingerprint density at radius 3 is 2.82 bits per heavy atom. The number of likely N-dealkylation sites (N-methyl/N-ethyl adjacent to an activating group) is 1. The van der Waals surface area contributed by atoms with Crippen LogP contribution in [0.3, 0.4) is 0 Å². The molecule has 0 spiro atoms. The molecular formula is C14H19NO2. The normalized spacial score (nSPS) is 23.6. The highest BCUT2D eigenvalue weighted by molar-refractivity contribution is 5.83. The summed E-state index contributed by atoms with van der Waals surface area (Å²) in [5.74, 6) is -0.186. The summed E-state index contributed by atoms with van der Waals surface area (Å²) >= 11 is 0. The second-order valence-corrected chi connectivity index (χ2v) is 4.51. The van der Waals surface area contributed by atoms with E-state index >= 15 is 0 Å². The van der Waals surface area contributed by atoms with E-state index in [1.54, 1.807) is 0 Å². The molecule has 1 aromatic rings. The molecule has 0 radical (unpaired) electrons. The minimum Gasteiger partial charge on any atom is -0.467 e. The van der Waals surface area contributed by atoms with Crippen LogP contribution >= 0.6 is 0 Å². The topological polar surface area (TPSA) is 38.3 Å².